The molecular weight excluding hydrogens is 325 g/mol. The SMILES string of the molecule is CCCN(C[C@@H]1COC[C@@H](O)[C@H]1O)C(=O)c1ccc(F)c(Cl)c1. The summed E-state index contributed by atoms with van der Waals surface area (Å²) < 4.78 is 18.5. The zero-order valence-corrected chi connectivity index (χ0v) is 13.7. The number of hydrogen-bond donors (Lipinski definition) is 2. The summed E-state index contributed by atoms with van der Waals surface area (Å²) in [6.07, 6.45) is -1.16. The predicted octanol–water partition coefficient (Wildman–Crippen LogP) is 1.70. The van der Waals surface area contributed by atoms with Gasteiger partial charge in [-0.15, -0.1) is 0 Å². The number of carbonyl (C=O) groups excluding carboxylic acids is 1. The van der Waals surface area contributed by atoms with Crippen LogP contribution in [0.2, 0.25) is 5.02 Å². The summed E-state index contributed by atoms with van der Waals surface area (Å²) in [5.74, 6) is -1.24. The summed E-state index contributed by atoms with van der Waals surface area (Å²) in [5, 5.41) is 19.6. The monoisotopic (exact) mass is 345 g/mol. The van der Waals surface area contributed by atoms with Gasteiger partial charge in [0.2, 0.25) is 0 Å². The second-order valence-electron chi connectivity index (χ2n) is 5.74. The van der Waals surface area contributed by atoms with Gasteiger partial charge in [-0.2, -0.15) is 0 Å². The van der Waals surface area contributed by atoms with Gasteiger partial charge < -0.3 is 19.8 Å². The number of benzene rings is 1. The average molecular weight is 346 g/mol. The fraction of sp³-hybridized carbons (Fsp3) is 0.562. The zero-order valence-electron chi connectivity index (χ0n) is 12.9. The Hall–Kier alpha value is -1.21. The van der Waals surface area contributed by atoms with E-state index in [4.69, 9.17) is 16.3 Å². The number of halogens is 2. The van der Waals surface area contributed by atoms with E-state index in [-0.39, 0.29) is 42.2 Å². The summed E-state index contributed by atoms with van der Waals surface area (Å²) in [5.41, 5.74) is 0.289. The molecule has 0 radical (unpaired) electrons. The molecule has 0 aliphatic carbocycles. The van der Waals surface area contributed by atoms with Crippen molar-refractivity contribution in [3.63, 3.8) is 0 Å². The van der Waals surface area contributed by atoms with Crippen LogP contribution >= 0.6 is 11.6 Å². The molecule has 1 heterocycles. The molecule has 1 fully saturated rings. The van der Waals surface area contributed by atoms with Crippen molar-refractivity contribution in [3.8, 4) is 0 Å². The Labute approximate surface area is 139 Å². The maximum atomic E-state index is 13.2. The lowest BCUT2D eigenvalue weighted by Gasteiger charge is -2.35. The lowest BCUT2D eigenvalue weighted by Crippen LogP contribution is -2.49. The van der Waals surface area contributed by atoms with Crippen molar-refractivity contribution < 1.29 is 24.1 Å². The summed E-state index contributed by atoms with van der Waals surface area (Å²) in [6, 6.07) is 3.83. The maximum Gasteiger partial charge on any atom is 0.253 e. The van der Waals surface area contributed by atoms with Gasteiger partial charge in [-0.1, -0.05) is 18.5 Å². The fourth-order valence-electron chi connectivity index (χ4n) is 2.65. The highest BCUT2D eigenvalue weighted by molar-refractivity contribution is 6.31. The second-order valence-corrected chi connectivity index (χ2v) is 6.14. The van der Waals surface area contributed by atoms with Gasteiger partial charge in [-0.05, 0) is 24.6 Å². The van der Waals surface area contributed by atoms with Gasteiger partial charge in [0.15, 0.2) is 0 Å². The van der Waals surface area contributed by atoms with Gasteiger partial charge >= 0.3 is 0 Å². The summed E-state index contributed by atoms with van der Waals surface area (Å²) >= 11 is 5.74. The molecule has 1 aromatic carbocycles. The van der Waals surface area contributed by atoms with E-state index in [1.54, 1.807) is 4.90 Å². The first-order chi connectivity index (χ1) is 10.9. The third-order valence-corrected chi connectivity index (χ3v) is 4.19. The van der Waals surface area contributed by atoms with Gasteiger partial charge in [0.05, 0.1) is 24.3 Å². The maximum absolute atomic E-state index is 13.2. The molecule has 1 aliphatic heterocycles. The Kier molecular flexibility index (Phi) is 6.35. The van der Waals surface area contributed by atoms with Gasteiger partial charge in [-0.25, -0.2) is 4.39 Å². The molecular formula is C16H21ClFNO4. The Balaban J connectivity index is 2.13. The van der Waals surface area contributed by atoms with Crippen molar-refractivity contribution in [3.05, 3.63) is 34.6 Å². The topological polar surface area (TPSA) is 70.0 Å². The lowest BCUT2D eigenvalue weighted by atomic mass is 9.95. The molecule has 1 aliphatic rings. The summed E-state index contributed by atoms with van der Waals surface area (Å²) in [4.78, 5) is 14.2. The number of amides is 1. The third-order valence-electron chi connectivity index (χ3n) is 3.90. The van der Waals surface area contributed by atoms with Crippen LogP contribution < -0.4 is 0 Å². The van der Waals surface area contributed by atoms with E-state index in [0.29, 0.717) is 6.54 Å². The smallest absolute Gasteiger partial charge is 0.253 e. The molecule has 7 heteroatoms. The van der Waals surface area contributed by atoms with Gasteiger partial charge in [0.1, 0.15) is 11.9 Å². The van der Waals surface area contributed by atoms with E-state index in [0.717, 1.165) is 12.5 Å². The minimum atomic E-state index is -0.951. The van der Waals surface area contributed by atoms with Crippen LogP contribution in [0.15, 0.2) is 18.2 Å². The quantitative estimate of drug-likeness (QED) is 0.852. The standard InChI is InChI=1S/C16H21ClFNO4/c1-2-5-19(7-11-8-23-9-14(20)15(11)21)16(22)10-3-4-13(18)12(17)6-10/h3-4,6,11,14-15,20-21H,2,5,7-9H2,1H3/t11-,14-,15+/m1/s1. The van der Waals surface area contributed by atoms with E-state index in [9.17, 15) is 19.4 Å². The van der Waals surface area contributed by atoms with Crippen LogP contribution in [0.3, 0.4) is 0 Å². The van der Waals surface area contributed by atoms with Gasteiger partial charge in [-0.3, -0.25) is 4.79 Å². The molecule has 3 atom stereocenters. The van der Waals surface area contributed by atoms with E-state index >= 15 is 0 Å². The Bertz CT molecular complexity index is 557. The van der Waals surface area contributed by atoms with Crippen molar-refractivity contribution >= 4 is 17.5 Å². The first-order valence-electron chi connectivity index (χ1n) is 7.62. The van der Waals surface area contributed by atoms with Crippen LogP contribution in [0.4, 0.5) is 4.39 Å². The molecule has 0 spiro atoms. The van der Waals surface area contributed by atoms with E-state index in [1.807, 2.05) is 6.92 Å². The van der Waals surface area contributed by atoms with Crippen molar-refractivity contribution in [2.24, 2.45) is 5.92 Å². The number of carbonyl (C=O) groups is 1. The minimum absolute atomic E-state index is 0.0902. The number of hydrogen-bond acceptors (Lipinski definition) is 4. The average Bonchev–Trinajstić information content (AvgIpc) is 2.53. The number of rotatable bonds is 5. The van der Waals surface area contributed by atoms with E-state index in [2.05, 4.69) is 0 Å². The zero-order chi connectivity index (χ0) is 17.0. The molecule has 0 unspecified atom stereocenters. The van der Waals surface area contributed by atoms with Crippen LogP contribution in [0.25, 0.3) is 0 Å². The normalized spacial score (nSPS) is 24.5. The fourth-order valence-corrected chi connectivity index (χ4v) is 2.83. The minimum Gasteiger partial charge on any atom is -0.390 e. The first kappa shape index (κ1) is 18.1. The number of aliphatic hydroxyl groups excluding tert-OH is 2. The van der Waals surface area contributed by atoms with Crippen LogP contribution in [-0.2, 0) is 4.74 Å². The van der Waals surface area contributed by atoms with Crippen LogP contribution in [0.1, 0.15) is 23.7 Å². The molecule has 2 rings (SSSR count). The predicted molar refractivity (Wildman–Crippen MR) is 83.9 cm³/mol. The number of aliphatic hydroxyl groups is 2. The molecule has 1 aromatic rings. The van der Waals surface area contributed by atoms with E-state index < -0.39 is 18.0 Å². The number of ether oxygens (including phenoxy) is 1. The van der Waals surface area contributed by atoms with Crippen molar-refractivity contribution in [2.45, 2.75) is 25.6 Å². The van der Waals surface area contributed by atoms with Crippen LogP contribution in [-0.4, -0.2) is 59.5 Å². The summed E-state index contributed by atoms with van der Waals surface area (Å²) in [7, 11) is 0. The van der Waals surface area contributed by atoms with Crippen molar-refractivity contribution in [1.82, 2.24) is 4.90 Å². The van der Waals surface area contributed by atoms with Gasteiger partial charge in [0.25, 0.3) is 5.91 Å². The third kappa shape index (κ3) is 4.41. The Morgan fingerprint density at radius 3 is 2.83 bits per heavy atom. The molecule has 0 bridgehead atoms. The van der Waals surface area contributed by atoms with Crippen LogP contribution in [0, 0.1) is 11.7 Å². The van der Waals surface area contributed by atoms with Crippen LogP contribution in [0.5, 0.6) is 0 Å². The number of nitrogens with zero attached hydrogens (tertiary/aromatic N) is 1. The molecule has 2 N–H and O–H groups in total. The largest absolute Gasteiger partial charge is 0.390 e. The second kappa shape index (κ2) is 8.06. The lowest BCUT2D eigenvalue weighted by molar-refractivity contribution is -0.124. The van der Waals surface area contributed by atoms with E-state index in [1.165, 1.54) is 12.1 Å². The highest BCUT2D eigenvalue weighted by atomic mass is 35.5. The molecule has 1 saturated heterocycles. The molecule has 128 valence electrons. The molecule has 1 amide bonds. The highest BCUT2D eigenvalue weighted by Gasteiger charge is 2.33. The Morgan fingerprint density at radius 1 is 1.43 bits per heavy atom. The highest BCUT2D eigenvalue weighted by Crippen LogP contribution is 2.20. The van der Waals surface area contributed by atoms with Crippen molar-refractivity contribution in [2.75, 3.05) is 26.3 Å². The summed E-state index contributed by atoms with van der Waals surface area (Å²) in [6.45, 7) is 3.02. The molecule has 0 saturated carbocycles. The molecule has 5 nitrogen and oxygen atoms in total. The van der Waals surface area contributed by atoms with Crippen molar-refractivity contribution in [1.29, 1.82) is 0 Å². The Morgan fingerprint density at radius 2 is 2.17 bits per heavy atom. The molecule has 23 heavy (non-hydrogen) atoms. The van der Waals surface area contributed by atoms with Gasteiger partial charge in [0, 0.05) is 24.6 Å². The molecule has 0 aromatic heterocycles. The first-order valence-corrected chi connectivity index (χ1v) is 8.00.